The van der Waals surface area contributed by atoms with Crippen LogP contribution in [0.5, 0.6) is 17.4 Å². The van der Waals surface area contributed by atoms with Crippen molar-refractivity contribution < 1.29 is 28.5 Å². The summed E-state index contributed by atoms with van der Waals surface area (Å²) in [5.74, 6) is 0.471. The molecule has 31 heavy (non-hydrogen) atoms. The molecule has 1 unspecified atom stereocenters. The maximum atomic E-state index is 12.8. The summed E-state index contributed by atoms with van der Waals surface area (Å²) >= 11 is 0. The zero-order valence-corrected chi connectivity index (χ0v) is 18.4. The fraction of sp³-hybridized carbons (Fsp3) is 0.409. The molecular weight excluding hydrogens is 402 g/mol. The van der Waals surface area contributed by atoms with E-state index in [1.165, 1.54) is 20.4 Å². The second-order valence-corrected chi connectivity index (χ2v) is 7.01. The number of benzene rings is 1. The van der Waals surface area contributed by atoms with Crippen LogP contribution in [-0.4, -0.2) is 57.4 Å². The highest BCUT2D eigenvalue weighted by atomic mass is 16.5. The van der Waals surface area contributed by atoms with Crippen LogP contribution in [-0.2, 0) is 9.53 Å². The first kappa shape index (κ1) is 23.9. The van der Waals surface area contributed by atoms with Gasteiger partial charge in [0.15, 0.2) is 0 Å². The molecule has 168 valence electrons. The van der Waals surface area contributed by atoms with Crippen molar-refractivity contribution in [2.75, 3.05) is 39.9 Å². The first-order valence-electron chi connectivity index (χ1n) is 9.80. The zero-order valence-electron chi connectivity index (χ0n) is 18.4. The number of amides is 2. The van der Waals surface area contributed by atoms with Crippen LogP contribution in [0.4, 0.5) is 5.69 Å². The second kappa shape index (κ2) is 11.8. The molecule has 2 N–H and O–H groups in total. The van der Waals surface area contributed by atoms with Crippen molar-refractivity contribution in [2.24, 2.45) is 5.92 Å². The molecule has 0 radical (unpaired) electrons. The highest BCUT2D eigenvalue weighted by Crippen LogP contribution is 2.23. The van der Waals surface area contributed by atoms with Gasteiger partial charge in [0.1, 0.15) is 24.1 Å². The van der Waals surface area contributed by atoms with Crippen molar-refractivity contribution >= 4 is 17.5 Å². The molecule has 0 fully saturated rings. The Kier molecular flexibility index (Phi) is 9.08. The fourth-order valence-corrected chi connectivity index (χ4v) is 2.69. The Bertz CT molecular complexity index is 848. The predicted octanol–water partition coefficient (Wildman–Crippen LogP) is 2.52. The third-order valence-corrected chi connectivity index (χ3v) is 4.39. The Labute approximate surface area is 182 Å². The molecule has 0 aliphatic heterocycles. The van der Waals surface area contributed by atoms with E-state index in [4.69, 9.17) is 18.9 Å². The van der Waals surface area contributed by atoms with E-state index < -0.39 is 11.9 Å². The highest BCUT2D eigenvalue weighted by molar-refractivity contribution is 6.01. The van der Waals surface area contributed by atoms with E-state index >= 15 is 0 Å². The number of methoxy groups -OCH3 is 3. The predicted molar refractivity (Wildman–Crippen MR) is 116 cm³/mol. The summed E-state index contributed by atoms with van der Waals surface area (Å²) in [7, 11) is 4.59. The van der Waals surface area contributed by atoms with E-state index in [0.717, 1.165) is 0 Å². The Balaban J connectivity index is 2.06. The molecule has 9 heteroatoms. The van der Waals surface area contributed by atoms with Crippen LogP contribution in [0, 0.1) is 5.92 Å². The van der Waals surface area contributed by atoms with E-state index in [2.05, 4.69) is 15.6 Å². The lowest BCUT2D eigenvalue weighted by Crippen LogP contribution is -2.47. The molecule has 1 atom stereocenters. The third-order valence-electron chi connectivity index (χ3n) is 4.39. The van der Waals surface area contributed by atoms with Crippen LogP contribution in [0.3, 0.4) is 0 Å². The third kappa shape index (κ3) is 7.14. The maximum absolute atomic E-state index is 12.8. The average Bonchev–Trinajstić information content (AvgIpc) is 2.77. The van der Waals surface area contributed by atoms with Crippen molar-refractivity contribution in [3.63, 3.8) is 0 Å². The van der Waals surface area contributed by atoms with Gasteiger partial charge in [-0.25, -0.2) is 4.98 Å². The van der Waals surface area contributed by atoms with Crippen LogP contribution in [0.25, 0.3) is 0 Å². The Morgan fingerprint density at radius 1 is 1.00 bits per heavy atom. The molecule has 1 aromatic carbocycles. The molecule has 0 spiro atoms. The lowest BCUT2D eigenvalue weighted by molar-refractivity contribution is -0.118. The number of rotatable bonds is 11. The topological polar surface area (TPSA) is 108 Å². The summed E-state index contributed by atoms with van der Waals surface area (Å²) in [6, 6.07) is 7.40. The van der Waals surface area contributed by atoms with Gasteiger partial charge in [0.05, 0.1) is 32.7 Å². The quantitative estimate of drug-likeness (QED) is 0.526. The Morgan fingerprint density at radius 3 is 2.19 bits per heavy atom. The molecule has 2 amide bonds. The number of hydrogen-bond acceptors (Lipinski definition) is 7. The van der Waals surface area contributed by atoms with Crippen molar-refractivity contribution in [3.8, 4) is 17.4 Å². The van der Waals surface area contributed by atoms with Crippen molar-refractivity contribution in [2.45, 2.75) is 19.9 Å². The largest absolute Gasteiger partial charge is 0.497 e. The van der Waals surface area contributed by atoms with Gasteiger partial charge in [0, 0.05) is 24.8 Å². The lowest BCUT2D eigenvalue weighted by Gasteiger charge is -2.22. The molecule has 2 rings (SSSR count). The molecule has 0 aliphatic rings. The van der Waals surface area contributed by atoms with Crippen LogP contribution in [0.1, 0.15) is 24.2 Å². The molecule has 0 saturated carbocycles. The molecule has 9 nitrogen and oxygen atoms in total. The minimum absolute atomic E-state index is 0.152. The van der Waals surface area contributed by atoms with Gasteiger partial charge < -0.3 is 29.6 Å². The van der Waals surface area contributed by atoms with Crippen LogP contribution in [0.15, 0.2) is 36.5 Å². The van der Waals surface area contributed by atoms with E-state index in [0.29, 0.717) is 41.8 Å². The van der Waals surface area contributed by atoms with Gasteiger partial charge in [-0.05, 0) is 24.1 Å². The van der Waals surface area contributed by atoms with Gasteiger partial charge in [0.2, 0.25) is 11.8 Å². The van der Waals surface area contributed by atoms with Crippen molar-refractivity contribution in [3.05, 3.63) is 42.1 Å². The summed E-state index contributed by atoms with van der Waals surface area (Å²) in [6.07, 6.45) is 1.49. The van der Waals surface area contributed by atoms with Crippen LogP contribution >= 0.6 is 0 Å². The zero-order chi connectivity index (χ0) is 22.8. The molecule has 2 aromatic rings. The molecular formula is C22H29N3O6. The number of aromatic nitrogens is 1. The number of pyridine rings is 1. The molecule has 0 bridgehead atoms. The van der Waals surface area contributed by atoms with Crippen molar-refractivity contribution in [1.82, 2.24) is 10.3 Å². The molecule has 0 saturated heterocycles. The van der Waals surface area contributed by atoms with Gasteiger partial charge in [-0.1, -0.05) is 13.8 Å². The number of nitrogens with zero attached hydrogens (tertiary/aromatic N) is 1. The number of carbonyl (C=O) groups is 2. The minimum atomic E-state index is -0.762. The number of anilines is 1. The lowest BCUT2D eigenvalue weighted by atomic mass is 10.0. The summed E-state index contributed by atoms with van der Waals surface area (Å²) < 4.78 is 20.7. The van der Waals surface area contributed by atoms with Gasteiger partial charge in [-0.15, -0.1) is 0 Å². The monoisotopic (exact) mass is 431 g/mol. The normalized spacial score (nSPS) is 11.5. The minimum Gasteiger partial charge on any atom is -0.497 e. The first-order valence-corrected chi connectivity index (χ1v) is 9.80. The molecule has 1 heterocycles. The van der Waals surface area contributed by atoms with Gasteiger partial charge in [0.25, 0.3) is 5.91 Å². The number of nitrogens with one attached hydrogen (secondary N) is 2. The van der Waals surface area contributed by atoms with E-state index in [1.54, 1.807) is 37.4 Å². The Hall–Kier alpha value is -3.33. The number of ether oxygens (including phenoxy) is 4. The SMILES string of the molecule is COCCOc1ccc(NC(=O)C(NC(=O)c2cc(OC)cc(OC)c2)C(C)C)cn1. The van der Waals surface area contributed by atoms with E-state index in [-0.39, 0.29) is 11.8 Å². The highest BCUT2D eigenvalue weighted by Gasteiger charge is 2.25. The number of hydrogen-bond donors (Lipinski definition) is 2. The standard InChI is InChI=1S/C22H29N3O6/c1-14(2)20(25-21(26)15-10-17(29-4)12-18(11-15)30-5)22(27)24-16-6-7-19(23-13-16)31-9-8-28-3/h6-7,10-14,20H,8-9H2,1-5H3,(H,24,27)(H,25,26). The summed E-state index contributed by atoms with van der Waals surface area (Å²) in [6.45, 7) is 4.53. The smallest absolute Gasteiger partial charge is 0.252 e. The Morgan fingerprint density at radius 2 is 1.68 bits per heavy atom. The van der Waals surface area contributed by atoms with Crippen LogP contribution < -0.4 is 24.8 Å². The number of carbonyl (C=O) groups excluding carboxylic acids is 2. The van der Waals surface area contributed by atoms with Gasteiger partial charge in [-0.2, -0.15) is 0 Å². The first-order chi connectivity index (χ1) is 14.9. The maximum Gasteiger partial charge on any atom is 0.252 e. The van der Waals surface area contributed by atoms with Gasteiger partial charge in [-0.3, -0.25) is 9.59 Å². The van der Waals surface area contributed by atoms with Gasteiger partial charge >= 0.3 is 0 Å². The summed E-state index contributed by atoms with van der Waals surface area (Å²) in [5, 5.41) is 5.55. The van der Waals surface area contributed by atoms with E-state index in [9.17, 15) is 9.59 Å². The summed E-state index contributed by atoms with van der Waals surface area (Å²) in [4.78, 5) is 29.7. The molecule has 0 aliphatic carbocycles. The van der Waals surface area contributed by atoms with E-state index in [1.807, 2.05) is 13.8 Å². The average molecular weight is 431 g/mol. The fourth-order valence-electron chi connectivity index (χ4n) is 2.69. The van der Waals surface area contributed by atoms with Crippen LogP contribution in [0.2, 0.25) is 0 Å². The summed E-state index contributed by atoms with van der Waals surface area (Å²) in [5.41, 5.74) is 0.820. The van der Waals surface area contributed by atoms with Crippen molar-refractivity contribution in [1.29, 1.82) is 0 Å². The molecule has 1 aromatic heterocycles. The second-order valence-electron chi connectivity index (χ2n) is 7.01.